The van der Waals surface area contributed by atoms with Crippen molar-refractivity contribution in [3.8, 4) is 0 Å². The summed E-state index contributed by atoms with van der Waals surface area (Å²) in [7, 11) is 0. The first-order valence-corrected chi connectivity index (χ1v) is 10.4. The predicted molar refractivity (Wildman–Crippen MR) is 117 cm³/mol. The Morgan fingerprint density at radius 3 is 2.86 bits per heavy atom. The zero-order chi connectivity index (χ0) is 19.1. The van der Waals surface area contributed by atoms with Crippen LogP contribution in [0.5, 0.6) is 0 Å². The Labute approximate surface area is 176 Å². The number of hydrogen-bond donors (Lipinski definition) is 3. The molecule has 0 radical (unpaired) electrons. The molecule has 1 saturated heterocycles. The first kappa shape index (κ1) is 22.4. The maximum atomic E-state index is 12.6. The molecule has 2 amide bonds. The summed E-state index contributed by atoms with van der Waals surface area (Å²) in [4.78, 5) is 26.0. The van der Waals surface area contributed by atoms with Crippen LogP contribution < -0.4 is 16.0 Å². The second-order valence-corrected chi connectivity index (χ2v) is 8.14. The van der Waals surface area contributed by atoms with Gasteiger partial charge in [-0.3, -0.25) is 9.59 Å². The first-order valence-electron chi connectivity index (χ1n) is 9.55. The Bertz CT molecular complexity index is 767. The number of rotatable bonds is 7. The van der Waals surface area contributed by atoms with Gasteiger partial charge in [-0.15, -0.1) is 23.7 Å². The number of piperidine rings is 1. The molecule has 1 aromatic heterocycles. The highest BCUT2D eigenvalue weighted by Gasteiger charge is 2.23. The molecule has 2 unspecified atom stereocenters. The van der Waals surface area contributed by atoms with Gasteiger partial charge in [0.2, 0.25) is 5.91 Å². The van der Waals surface area contributed by atoms with Crippen molar-refractivity contribution in [1.82, 2.24) is 10.6 Å². The minimum absolute atomic E-state index is 0. The lowest BCUT2D eigenvalue weighted by molar-refractivity contribution is -0.116. The van der Waals surface area contributed by atoms with E-state index in [4.69, 9.17) is 0 Å². The van der Waals surface area contributed by atoms with Gasteiger partial charge in [0.15, 0.2) is 0 Å². The highest BCUT2D eigenvalue weighted by Crippen LogP contribution is 2.16. The number of carbonyl (C=O) groups is 2. The van der Waals surface area contributed by atoms with Gasteiger partial charge in [-0.05, 0) is 67.9 Å². The summed E-state index contributed by atoms with van der Waals surface area (Å²) in [5, 5.41) is 11.4. The first-order chi connectivity index (χ1) is 13.1. The van der Waals surface area contributed by atoms with Gasteiger partial charge in [0.05, 0.1) is 0 Å². The zero-order valence-corrected chi connectivity index (χ0v) is 17.7. The molecule has 2 heterocycles. The number of aryl methyl sites for hydroxylation is 1. The van der Waals surface area contributed by atoms with E-state index in [1.807, 2.05) is 18.2 Å². The highest BCUT2D eigenvalue weighted by molar-refractivity contribution is 7.09. The Morgan fingerprint density at radius 1 is 1.25 bits per heavy atom. The number of thiophene rings is 1. The fourth-order valence-electron chi connectivity index (χ4n) is 3.32. The molecule has 1 aliphatic rings. The van der Waals surface area contributed by atoms with Crippen LogP contribution in [-0.2, 0) is 11.2 Å². The number of anilines is 1. The van der Waals surface area contributed by atoms with Crippen molar-refractivity contribution in [2.75, 3.05) is 18.4 Å². The van der Waals surface area contributed by atoms with Gasteiger partial charge >= 0.3 is 0 Å². The molecule has 152 valence electrons. The van der Waals surface area contributed by atoms with E-state index < -0.39 is 0 Å². The lowest BCUT2D eigenvalue weighted by Gasteiger charge is -2.30. The molecule has 0 aliphatic carbocycles. The van der Waals surface area contributed by atoms with Gasteiger partial charge in [0.1, 0.15) is 0 Å². The minimum atomic E-state index is -0.0810. The number of hydrogen-bond acceptors (Lipinski definition) is 4. The number of halogens is 1. The lowest BCUT2D eigenvalue weighted by Crippen LogP contribution is -2.48. The standard InChI is InChI=1S/C21H27N3O2S.ClH/c1-15-14-22-11-10-19(15)24-21(26)16-5-2-6-17(13-16)23-20(25)9-3-7-18-8-4-12-27-18;/h2,4-6,8,12-13,15,19,22H,3,7,9-11,14H2,1H3,(H,23,25)(H,24,26);1H. The predicted octanol–water partition coefficient (Wildman–Crippen LogP) is 3.86. The maximum Gasteiger partial charge on any atom is 0.251 e. The van der Waals surface area contributed by atoms with E-state index in [0.29, 0.717) is 23.6 Å². The second kappa shape index (κ2) is 11.2. The molecule has 0 saturated carbocycles. The zero-order valence-electron chi connectivity index (χ0n) is 16.1. The van der Waals surface area contributed by atoms with Crippen molar-refractivity contribution >= 4 is 41.2 Å². The Morgan fingerprint density at radius 2 is 2.11 bits per heavy atom. The molecular formula is C21H28ClN3O2S. The Balaban J connectivity index is 0.00000280. The largest absolute Gasteiger partial charge is 0.349 e. The molecule has 7 heteroatoms. The van der Waals surface area contributed by atoms with Crippen molar-refractivity contribution in [3.05, 3.63) is 52.2 Å². The lowest BCUT2D eigenvalue weighted by atomic mass is 9.95. The van der Waals surface area contributed by atoms with Crippen LogP contribution in [0.25, 0.3) is 0 Å². The van der Waals surface area contributed by atoms with Crippen LogP contribution in [0.4, 0.5) is 5.69 Å². The number of benzene rings is 1. The summed E-state index contributed by atoms with van der Waals surface area (Å²) >= 11 is 1.72. The Hall–Kier alpha value is -1.89. The monoisotopic (exact) mass is 421 g/mol. The number of carbonyl (C=O) groups excluding carboxylic acids is 2. The van der Waals surface area contributed by atoms with Gasteiger partial charge in [0, 0.05) is 28.6 Å². The number of nitrogens with one attached hydrogen (secondary N) is 3. The third-order valence-electron chi connectivity index (χ3n) is 4.92. The van der Waals surface area contributed by atoms with Crippen LogP contribution in [0.3, 0.4) is 0 Å². The summed E-state index contributed by atoms with van der Waals surface area (Å²) in [6.07, 6.45) is 3.15. The van der Waals surface area contributed by atoms with Crippen LogP contribution >= 0.6 is 23.7 Å². The molecule has 2 aromatic rings. The SMILES string of the molecule is CC1CNCCC1NC(=O)c1cccc(NC(=O)CCCc2cccs2)c1.Cl. The normalized spacial score (nSPS) is 18.8. The summed E-state index contributed by atoms with van der Waals surface area (Å²) in [6.45, 7) is 3.99. The maximum absolute atomic E-state index is 12.6. The molecule has 3 N–H and O–H groups in total. The van der Waals surface area contributed by atoms with E-state index >= 15 is 0 Å². The van der Waals surface area contributed by atoms with E-state index in [9.17, 15) is 9.59 Å². The van der Waals surface area contributed by atoms with Gasteiger partial charge < -0.3 is 16.0 Å². The summed E-state index contributed by atoms with van der Waals surface area (Å²) in [5.74, 6) is 0.313. The molecule has 1 fully saturated rings. The number of amides is 2. The van der Waals surface area contributed by atoms with E-state index in [-0.39, 0.29) is 30.3 Å². The van der Waals surface area contributed by atoms with Gasteiger partial charge in [0.25, 0.3) is 5.91 Å². The molecule has 3 rings (SSSR count). The van der Waals surface area contributed by atoms with Crippen molar-refractivity contribution < 1.29 is 9.59 Å². The molecule has 0 spiro atoms. The fraction of sp³-hybridized carbons (Fsp3) is 0.429. The Kier molecular flexibility index (Phi) is 8.96. The molecule has 5 nitrogen and oxygen atoms in total. The summed E-state index contributed by atoms with van der Waals surface area (Å²) < 4.78 is 0. The van der Waals surface area contributed by atoms with Gasteiger partial charge in [-0.1, -0.05) is 19.1 Å². The van der Waals surface area contributed by atoms with Crippen LogP contribution in [0.1, 0.15) is 41.4 Å². The van der Waals surface area contributed by atoms with Gasteiger partial charge in [-0.25, -0.2) is 0 Å². The minimum Gasteiger partial charge on any atom is -0.349 e. The van der Waals surface area contributed by atoms with E-state index in [1.54, 1.807) is 23.5 Å². The molecular weight excluding hydrogens is 394 g/mol. The topological polar surface area (TPSA) is 70.2 Å². The van der Waals surface area contributed by atoms with Crippen LogP contribution in [0.15, 0.2) is 41.8 Å². The average Bonchev–Trinajstić information content (AvgIpc) is 3.17. The molecule has 1 aromatic carbocycles. The average molecular weight is 422 g/mol. The third-order valence-corrected chi connectivity index (χ3v) is 5.85. The smallest absolute Gasteiger partial charge is 0.251 e. The quantitative estimate of drug-likeness (QED) is 0.635. The van der Waals surface area contributed by atoms with Crippen molar-refractivity contribution in [2.24, 2.45) is 5.92 Å². The summed E-state index contributed by atoms with van der Waals surface area (Å²) in [5.41, 5.74) is 1.25. The highest BCUT2D eigenvalue weighted by atomic mass is 35.5. The molecule has 2 atom stereocenters. The third kappa shape index (κ3) is 6.62. The van der Waals surface area contributed by atoms with E-state index in [1.165, 1.54) is 4.88 Å². The van der Waals surface area contributed by atoms with Crippen LogP contribution in [0.2, 0.25) is 0 Å². The molecule has 28 heavy (non-hydrogen) atoms. The summed E-state index contributed by atoms with van der Waals surface area (Å²) in [6, 6.07) is 11.5. The van der Waals surface area contributed by atoms with Crippen LogP contribution in [0, 0.1) is 5.92 Å². The second-order valence-electron chi connectivity index (χ2n) is 7.11. The fourth-order valence-corrected chi connectivity index (χ4v) is 4.07. The van der Waals surface area contributed by atoms with E-state index in [2.05, 4.69) is 34.3 Å². The van der Waals surface area contributed by atoms with Crippen molar-refractivity contribution in [3.63, 3.8) is 0 Å². The van der Waals surface area contributed by atoms with Crippen molar-refractivity contribution in [1.29, 1.82) is 0 Å². The van der Waals surface area contributed by atoms with E-state index in [0.717, 1.165) is 32.4 Å². The molecule has 1 aliphatic heterocycles. The molecule has 0 bridgehead atoms. The van der Waals surface area contributed by atoms with Gasteiger partial charge in [-0.2, -0.15) is 0 Å². The van der Waals surface area contributed by atoms with Crippen molar-refractivity contribution in [2.45, 2.75) is 38.6 Å². The van der Waals surface area contributed by atoms with Crippen LogP contribution in [-0.4, -0.2) is 30.9 Å².